The summed E-state index contributed by atoms with van der Waals surface area (Å²) in [7, 11) is 0. The lowest BCUT2D eigenvalue weighted by Gasteiger charge is -2.12. The first kappa shape index (κ1) is 17.3. The molecule has 2 aromatic carbocycles. The zero-order chi connectivity index (χ0) is 16.8. The minimum Gasteiger partial charge on any atom is -0.482 e. The molecule has 23 heavy (non-hydrogen) atoms. The van der Waals surface area contributed by atoms with Crippen molar-refractivity contribution in [3.05, 3.63) is 52.5 Å². The number of para-hydroxylation sites is 2. The van der Waals surface area contributed by atoms with Crippen molar-refractivity contribution in [3.63, 3.8) is 0 Å². The molecule has 0 heterocycles. The van der Waals surface area contributed by atoms with Crippen LogP contribution in [0.4, 0.5) is 14.5 Å². The molecular formula is C15H11Cl2F2NO3. The monoisotopic (exact) mass is 361 g/mol. The summed E-state index contributed by atoms with van der Waals surface area (Å²) in [6.45, 7) is -3.35. The summed E-state index contributed by atoms with van der Waals surface area (Å²) in [6.07, 6.45) is 0. The van der Waals surface area contributed by atoms with Crippen molar-refractivity contribution < 1.29 is 23.0 Å². The number of carbonyl (C=O) groups excluding carboxylic acids is 1. The molecule has 0 radical (unpaired) electrons. The standard InChI is InChI=1S/C15H11Cl2F2NO3/c16-9-5-6-12(10(17)7-9)22-8-14(21)20-11-3-1-2-4-13(11)23-15(18)19/h1-7,15H,8H2,(H,20,21). The molecule has 0 saturated heterocycles. The Morgan fingerprint density at radius 2 is 1.87 bits per heavy atom. The Morgan fingerprint density at radius 1 is 1.13 bits per heavy atom. The molecule has 0 bridgehead atoms. The summed E-state index contributed by atoms with van der Waals surface area (Å²) < 4.78 is 34.2. The van der Waals surface area contributed by atoms with Gasteiger partial charge in [0.1, 0.15) is 11.5 Å². The van der Waals surface area contributed by atoms with Gasteiger partial charge in [-0.1, -0.05) is 35.3 Å². The second-order valence-corrected chi connectivity index (χ2v) is 5.13. The average Bonchev–Trinajstić information content (AvgIpc) is 2.48. The topological polar surface area (TPSA) is 47.6 Å². The molecule has 0 atom stereocenters. The van der Waals surface area contributed by atoms with E-state index in [9.17, 15) is 13.6 Å². The molecule has 0 aliphatic carbocycles. The molecule has 0 aliphatic heterocycles. The smallest absolute Gasteiger partial charge is 0.387 e. The number of amides is 1. The van der Waals surface area contributed by atoms with Crippen molar-refractivity contribution in [2.75, 3.05) is 11.9 Å². The van der Waals surface area contributed by atoms with Crippen LogP contribution in [0.1, 0.15) is 0 Å². The highest BCUT2D eigenvalue weighted by Crippen LogP contribution is 2.28. The normalized spacial score (nSPS) is 10.5. The lowest BCUT2D eigenvalue weighted by atomic mass is 10.3. The number of halogens is 4. The van der Waals surface area contributed by atoms with Gasteiger partial charge < -0.3 is 14.8 Å². The average molecular weight is 362 g/mol. The van der Waals surface area contributed by atoms with E-state index in [-0.39, 0.29) is 28.8 Å². The molecule has 0 fully saturated rings. The van der Waals surface area contributed by atoms with Crippen LogP contribution in [0.2, 0.25) is 10.0 Å². The van der Waals surface area contributed by atoms with E-state index in [0.29, 0.717) is 5.02 Å². The van der Waals surface area contributed by atoms with Crippen LogP contribution in [0.25, 0.3) is 0 Å². The Morgan fingerprint density at radius 3 is 2.57 bits per heavy atom. The van der Waals surface area contributed by atoms with Gasteiger partial charge in [0.05, 0.1) is 10.7 Å². The molecule has 1 amide bonds. The van der Waals surface area contributed by atoms with Crippen molar-refractivity contribution in [2.24, 2.45) is 0 Å². The van der Waals surface area contributed by atoms with Gasteiger partial charge in [-0.25, -0.2) is 0 Å². The van der Waals surface area contributed by atoms with Gasteiger partial charge in [-0.2, -0.15) is 8.78 Å². The molecule has 0 unspecified atom stereocenters. The zero-order valence-corrected chi connectivity index (χ0v) is 13.1. The Bertz CT molecular complexity index is 698. The van der Waals surface area contributed by atoms with Crippen LogP contribution >= 0.6 is 23.2 Å². The van der Waals surface area contributed by atoms with Gasteiger partial charge in [0.15, 0.2) is 6.61 Å². The maximum atomic E-state index is 12.3. The summed E-state index contributed by atoms with van der Waals surface area (Å²) in [6, 6.07) is 10.4. The third-order valence-electron chi connectivity index (χ3n) is 2.63. The summed E-state index contributed by atoms with van der Waals surface area (Å²) in [4.78, 5) is 11.9. The maximum Gasteiger partial charge on any atom is 0.387 e. The number of nitrogens with one attached hydrogen (secondary N) is 1. The highest BCUT2D eigenvalue weighted by molar-refractivity contribution is 6.35. The number of rotatable bonds is 6. The highest BCUT2D eigenvalue weighted by Gasteiger charge is 2.12. The van der Waals surface area contributed by atoms with Gasteiger partial charge in [-0.15, -0.1) is 0 Å². The molecule has 2 aromatic rings. The molecule has 122 valence electrons. The molecule has 0 saturated carbocycles. The zero-order valence-electron chi connectivity index (χ0n) is 11.6. The van der Waals surface area contributed by atoms with Crippen molar-refractivity contribution >= 4 is 34.8 Å². The molecule has 0 aliphatic rings. The highest BCUT2D eigenvalue weighted by atomic mass is 35.5. The van der Waals surface area contributed by atoms with Crippen molar-refractivity contribution in [1.29, 1.82) is 0 Å². The van der Waals surface area contributed by atoms with E-state index in [2.05, 4.69) is 10.1 Å². The predicted molar refractivity (Wildman–Crippen MR) is 83.7 cm³/mol. The lowest BCUT2D eigenvalue weighted by Crippen LogP contribution is -2.21. The second-order valence-electron chi connectivity index (χ2n) is 4.29. The largest absolute Gasteiger partial charge is 0.482 e. The van der Waals surface area contributed by atoms with Gasteiger partial charge in [0, 0.05) is 5.02 Å². The third kappa shape index (κ3) is 5.26. The van der Waals surface area contributed by atoms with Gasteiger partial charge in [-0.3, -0.25) is 4.79 Å². The molecule has 0 spiro atoms. The second kappa shape index (κ2) is 7.99. The predicted octanol–water partition coefficient (Wildman–Crippen LogP) is 4.61. The summed E-state index contributed by atoms with van der Waals surface area (Å²) in [5.41, 5.74) is 0.114. The fourth-order valence-corrected chi connectivity index (χ4v) is 2.15. The van der Waals surface area contributed by atoms with Gasteiger partial charge in [-0.05, 0) is 30.3 Å². The van der Waals surface area contributed by atoms with E-state index < -0.39 is 12.5 Å². The molecule has 4 nitrogen and oxygen atoms in total. The van der Waals surface area contributed by atoms with Crippen LogP contribution in [-0.2, 0) is 4.79 Å². The van der Waals surface area contributed by atoms with Gasteiger partial charge >= 0.3 is 6.61 Å². The first-order valence-corrected chi connectivity index (χ1v) is 7.13. The van der Waals surface area contributed by atoms with Crippen LogP contribution in [0, 0.1) is 0 Å². The van der Waals surface area contributed by atoms with E-state index in [1.807, 2.05) is 0 Å². The number of hydrogen-bond acceptors (Lipinski definition) is 3. The van der Waals surface area contributed by atoms with E-state index in [1.54, 1.807) is 12.1 Å². The first-order valence-electron chi connectivity index (χ1n) is 6.37. The van der Waals surface area contributed by atoms with Crippen LogP contribution < -0.4 is 14.8 Å². The number of ether oxygens (including phenoxy) is 2. The number of hydrogen-bond donors (Lipinski definition) is 1. The van der Waals surface area contributed by atoms with Crippen LogP contribution in [-0.4, -0.2) is 19.1 Å². The van der Waals surface area contributed by atoms with E-state index in [0.717, 1.165) is 0 Å². The first-order chi connectivity index (χ1) is 11.0. The molecule has 2 rings (SSSR count). The molecular weight excluding hydrogens is 351 g/mol. The van der Waals surface area contributed by atoms with Crippen LogP contribution in [0.5, 0.6) is 11.5 Å². The third-order valence-corrected chi connectivity index (χ3v) is 3.16. The Balaban J connectivity index is 1.97. The van der Waals surface area contributed by atoms with Crippen LogP contribution in [0.15, 0.2) is 42.5 Å². The van der Waals surface area contributed by atoms with E-state index >= 15 is 0 Å². The molecule has 1 N–H and O–H groups in total. The van der Waals surface area contributed by atoms with Crippen molar-refractivity contribution in [1.82, 2.24) is 0 Å². The quantitative estimate of drug-likeness (QED) is 0.816. The minimum absolute atomic E-state index is 0.114. The Kier molecular flexibility index (Phi) is 6.01. The molecule has 0 aromatic heterocycles. The number of anilines is 1. The summed E-state index contributed by atoms with van der Waals surface area (Å²) in [5.74, 6) is -0.412. The maximum absolute atomic E-state index is 12.3. The van der Waals surface area contributed by atoms with E-state index in [4.69, 9.17) is 27.9 Å². The van der Waals surface area contributed by atoms with E-state index in [1.165, 1.54) is 30.3 Å². The Hall–Kier alpha value is -2.05. The number of alkyl halides is 2. The summed E-state index contributed by atoms with van der Waals surface area (Å²) in [5, 5.41) is 3.12. The number of benzene rings is 2. The van der Waals surface area contributed by atoms with Gasteiger partial charge in [0.25, 0.3) is 5.91 Å². The SMILES string of the molecule is O=C(COc1ccc(Cl)cc1Cl)Nc1ccccc1OC(F)F. The Labute approximate surface area is 140 Å². The number of carbonyl (C=O) groups is 1. The summed E-state index contributed by atoms with van der Waals surface area (Å²) >= 11 is 11.7. The van der Waals surface area contributed by atoms with Crippen molar-refractivity contribution in [3.8, 4) is 11.5 Å². The van der Waals surface area contributed by atoms with Crippen LogP contribution in [0.3, 0.4) is 0 Å². The van der Waals surface area contributed by atoms with Gasteiger partial charge in [0.2, 0.25) is 0 Å². The fourth-order valence-electron chi connectivity index (χ4n) is 1.69. The fraction of sp³-hybridized carbons (Fsp3) is 0.133. The molecule has 8 heteroatoms. The minimum atomic E-state index is -2.99. The lowest BCUT2D eigenvalue weighted by molar-refractivity contribution is -0.118. The van der Waals surface area contributed by atoms with Crippen molar-refractivity contribution in [2.45, 2.75) is 6.61 Å².